The molecule has 1 rings (SSSR count). The van der Waals surface area contributed by atoms with Crippen molar-refractivity contribution in [1.29, 1.82) is 0 Å². The van der Waals surface area contributed by atoms with Crippen LogP contribution in [0.4, 0.5) is 8.78 Å². The average Bonchev–Trinajstić information content (AvgIpc) is 1.94. The molecule has 0 atom stereocenters. The number of hydrogen-bond donors (Lipinski definition) is 1. The van der Waals surface area contributed by atoms with E-state index in [0.29, 0.717) is 0 Å². The van der Waals surface area contributed by atoms with Crippen molar-refractivity contribution in [2.45, 2.75) is 19.4 Å². The minimum atomic E-state index is -1.38. The van der Waals surface area contributed by atoms with Crippen LogP contribution in [0.15, 0.2) is 16.6 Å². The van der Waals surface area contributed by atoms with Gasteiger partial charge in [-0.3, -0.25) is 0 Å². The Labute approximate surface area is 83.5 Å². The molecule has 0 aliphatic heterocycles. The molecule has 0 saturated heterocycles. The van der Waals surface area contributed by atoms with Crippen LogP contribution in [0.5, 0.6) is 0 Å². The lowest BCUT2D eigenvalue weighted by atomic mass is 9.98. The van der Waals surface area contributed by atoms with Gasteiger partial charge in [0.2, 0.25) is 0 Å². The molecule has 72 valence electrons. The summed E-state index contributed by atoms with van der Waals surface area (Å²) < 4.78 is 26.2. The van der Waals surface area contributed by atoms with Gasteiger partial charge in [0.05, 0.1) is 10.1 Å². The van der Waals surface area contributed by atoms with E-state index in [2.05, 4.69) is 15.9 Å². The van der Waals surface area contributed by atoms with Crippen LogP contribution < -0.4 is 0 Å². The summed E-state index contributed by atoms with van der Waals surface area (Å²) >= 11 is 2.86. The first-order valence-corrected chi connectivity index (χ1v) is 4.49. The molecule has 0 spiro atoms. The second kappa shape index (κ2) is 3.35. The number of halogens is 3. The topological polar surface area (TPSA) is 20.2 Å². The molecular formula is C9H9BrF2O. The van der Waals surface area contributed by atoms with Crippen LogP contribution in [-0.4, -0.2) is 5.11 Å². The van der Waals surface area contributed by atoms with Crippen molar-refractivity contribution in [1.82, 2.24) is 0 Å². The molecule has 0 heterocycles. The third-order valence-electron chi connectivity index (χ3n) is 1.65. The first-order valence-electron chi connectivity index (χ1n) is 3.70. The maximum absolute atomic E-state index is 13.3. The lowest BCUT2D eigenvalue weighted by Gasteiger charge is -2.19. The summed E-state index contributed by atoms with van der Waals surface area (Å²) in [5.41, 5.74) is -1.44. The molecule has 1 aromatic rings. The highest BCUT2D eigenvalue weighted by molar-refractivity contribution is 9.10. The number of hydrogen-bond acceptors (Lipinski definition) is 1. The Bertz CT molecular complexity index is 331. The van der Waals surface area contributed by atoms with E-state index in [9.17, 15) is 13.9 Å². The Morgan fingerprint density at radius 3 is 2.31 bits per heavy atom. The molecule has 0 unspecified atom stereocenters. The summed E-state index contributed by atoms with van der Waals surface area (Å²) in [7, 11) is 0. The van der Waals surface area contributed by atoms with E-state index in [1.54, 1.807) is 0 Å². The van der Waals surface area contributed by atoms with Crippen molar-refractivity contribution < 1.29 is 13.9 Å². The second-order valence-electron chi connectivity index (χ2n) is 3.31. The fourth-order valence-electron chi connectivity index (χ4n) is 1.00. The van der Waals surface area contributed by atoms with Gasteiger partial charge in [-0.1, -0.05) is 0 Å². The minimum absolute atomic E-state index is 0.0182. The van der Waals surface area contributed by atoms with E-state index in [4.69, 9.17) is 0 Å². The van der Waals surface area contributed by atoms with Crippen molar-refractivity contribution in [2.24, 2.45) is 0 Å². The molecule has 1 aromatic carbocycles. The van der Waals surface area contributed by atoms with Crippen molar-refractivity contribution in [2.75, 3.05) is 0 Å². The van der Waals surface area contributed by atoms with E-state index < -0.39 is 17.2 Å². The third kappa shape index (κ3) is 2.25. The van der Waals surface area contributed by atoms with E-state index in [1.165, 1.54) is 13.8 Å². The normalized spacial score (nSPS) is 11.8. The summed E-state index contributed by atoms with van der Waals surface area (Å²) in [4.78, 5) is 0. The molecule has 0 aliphatic carbocycles. The predicted molar refractivity (Wildman–Crippen MR) is 49.3 cm³/mol. The number of rotatable bonds is 1. The summed E-state index contributed by atoms with van der Waals surface area (Å²) in [5.74, 6) is -1.21. The van der Waals surface area contributed by atoms with Crippen LogP contribution in [0.25, 0.3) is 0 Å². The summed E-state index contributed by atoms with van der Waals surface area (Å²) in [6.45, 7) is 2.80. The molecular weight excluding hydrogens is 242 g/mol. The average molecular weight is 251 g/mol. The van der Waals surface area contributed by atoms with E-state index >= 15 is 0 Å². The minimum Gasteiger partial charge on any atom is -0.386 e. The van der Waals surface area contributed by atoms with Gasteiger partial charge in [-0.25, -0.2) is 8.78 Å². The number of benzene rings is 1. The van der Waals surface area contributed by atoms with Crippen LogP contribution in [0, 0.1) is 11.6 Å². The van der Waals surface area contributed by atoms with Gasteiger partial charge < -0.3 is 5.11 Å². The SMILES string of the molecule is CC(C)(O)c1cc(F)cc(Br)c1F. The summed E-state index contributed by atoms with van der Waals surface area (Å²) in [6, 6.07) is 2.00. The van der Waals surface area contributed by atoms with Gasteiger partial charge in [0, 0.05) is 5.56 Å². The van der Waals surface area contributed by atoms with Crippen LogP contribution >= 0.6 is 15.9 Å². The van der Waals surface area contributed by atoms with Crippen LogP contribution in [0.1, 0.15) is 19.4 Å². The zero-order chi connectivity index (χ0) is 10.2. The zero-order valence-electron chi connectivity index (χ0n) is 7.24. The van der Waals surface area contributed by atoms with Gasteiger partial charge >= 0.3 is 0 Å². The number of aliphatic hydroxyl groups is 1. The maximum atomic E-state index is 13.3. The van der Waals surface area contributed by atoms with E-state index in [0.717, 1.165) is 12.1 Å². The summed E-state index contributed by atoms with van der Waals surface area (Å²) in [6.07, 6.45) is 0. The quantitative estimate of drug-likeness (QED) is 0.761. The molecule has 0 fully saturated rings. The molecule has 1 N–H and O–H groups in total. The Balaban J connectivity index is 3.37. The summed E-state index contributed by atoms with van der Waals surface area (Å²) in [5, 5.41) is 9.49. The van der Waals surface area contributed by atoms with E-state index in [-0.39, 0.29) is 10.0 Å². The molecule has 0 amide bonds. The van der Waals surface area contributed by atoms with E-state index in [1.807, 2.05) is 0 Å². The predicted octanol–water partition coefficient (Wildman–Crippen LogP) is 2.95. The smallest absolute Gasteiger partial charge is 0.143 e. The largest absolute Gasteiger partial charge is 0.386 e. The molecule has 1 nitrogen and oxygen atoms in total. The fourth-order valence-corrected chi connectivity index (χ4v) is 1.43. The standard InChI is InChI=1S/C9H9BrF2O/c1-9(2,13)6-3-5(11)4-7(10)8(6)12/h3-4,13H,1-2H3. The van der Waals surface area contributed by atoms with Gasteiger partial charge in [-0.2, -0.15) is 0 Å². The van der Waals surface area contributed by atoms with Crippen molar-refractivity contribution >= 4 is 15.9 Å². The van der Waals surface area contributed by atoms with Crippen LogP contribution in [0.2, 0.25) is 0 Å². The maximum Gasteiger partial charge on any atom is 0.143 e. The van der Waals surface area contributed by atoms with Crippen molar-refractivity contribution in [3.05, 3.63) is 33.8 Å². The van der Waals surface area contributed by atoms with Gasteiger partial charge in [-0.15, -0.1) is 0 Å². The monoisotopic (exact) mass is 250 g/mol. The molecule has 0 bridgehead atoms. The van der Waals surface area contributed by atoms with Crippen molar-refractivity contribution in [3.63, 3.8) is 0 Å². The van der Waals surface area contributed by atoms with Gasteiger partial charge in [0.25, 0.3) is 0 Å². The van der Waals surface area contributed by atoms with Crippen LogP contribution in [0.3, 0.4) is 0 Å². The Morgan fingerprint density at radius 1 is 1.31 bits per heavy atom. The Morgan fingerprint density at radius 2 is 1.85 bits per heavy atom. The molecule has 0 aliphatic rings. The Kier molecular flexibility index (Phi) is 2.73. The second-order valence-corrected chi connectivity index (χ2v) is 4.16. The third-order valence-corrected chi connectivity index (χ3v) is 2.23. The lowest BCUT2D eigenvalue weighted by Crippen LogP contribution is -2.18. The van der Waals surface area contributed by atoms with Gasteiger partial charge in [-0.05, 0) is 41.9 Å². The lowest BCUT2D eigenvalue weighted by molar-refractivity contribution is 0.0740. The van der Waals surface area contributed by atoms with Crippen molar-refractivity contribution in [3.8, 4) is 0 Å². The Hall–Kier alpha value is -0.480. The highest BCUT2D eigenvalue weighted by atomic mass is 79.9. The van der Waals surface area contributed by atoms with Gasteiger partial charge in [0.1, 0.15) is 11.6 Å². The first-order chi connectivity index (χ1) is 5.82. The highest BCUT2D eigenvalue weighted by Crippen LogP contribution is 2.28. The zero-order valence-corrected chi connectivity index (χ0v) is 8.82. The molecule has 0 radical (unpaired) electrons. The van der Waals surface area contributed by atoms with Crippen LogP contribution in [-0.2, 0) is 5.60 Å². The molecule has 13 heavy (non-hydrogen) atoms. The molecule has 0 aromatic heterocycles. The van der Waals surface area contributed by atoms with Gasteiger partial charge in [0.15, 0.2) is 0 Å². The first kappa shape index (κ1) is 10.6. The molecule has 0 saturated carbocycles. The highest BCUT2D eigenvalue weighted by Gasteiger charge is 2.23. The fraction of sp³-hybridized carbons (Fsp3) is 0.333. The molecule has 4 heteroatoms.